The van der Waals surface area contributed by atoms with E-state index in [1.165, 1.54) is 0 Å². The smallest absolute Gasteiger partial charge is 0.257 e. The molecule has 0 radical (unpaired) electrons. The molecule has 2 N–H and O–H groups in total. The molecular formula is C16H26N2O2. The maximum atomic E-state index is 12.8. The second kappa shape index (κ2) is 8.59. The number of rotatable bonds is 8. The molecule has 0 spiro atoms. The molecule has 0 heterocycles. The number of amides is 1. The van der Waals surface area contributed by atoms with E-state index in [0.29, 0.717) is 31.0 Å². The Balaban J connectivity index is 3.05. The first-order valence-electron chi connectivity index (χ1n) is 7.42. The number of hydrogen-bond donors (Lipinski definition) is 1. The monoisotopic (exact) mass is 278 g/mol. The first kappa shape index (κ1) is 16.5. The van der Waals surface area contributed by atoms with E-state index < -0.39 is 0 Å². The lowest BCUT2D eigenvalue weighted by Crippen LogP contribution is -2.42. The van der Waals surface area contributed by atoms with Crippen molar-refractivity contribution in [2.24, 2.45) is 5.73 Å². The Morgan fingerprint density at radius 1 is 1.25 bits per heavy atom. The fraction of sp³-hybridized carbons (Fsp3) is 0.562. The van der Waals surface area contributed by atoms with Gasteiger partial charge in [0.2, 0.25) is 0 Å². The highest BCUT2D eigenvalue weighted by atomic mass is 16.5. The summed E-state index contributed by atoms with van der Waals surface area (Å²) in [6.07, 6.45) is 1.86. The summed E-state index contributed by atoms with van der Waals surface area (Å²) in [7, 11) is 0. The van der Waals surface area contributed by atoms with Gasteiger partial charge in [0.05, 0.1) is 12.2 Å². The molecule has 1 rings (SSSR count). The Hall–Kier alpha value is -1.55. The van der Waals surface area contributed by atoms with Crippen molar-refractivity contribution in [3.8, 4) is 5.75 Å². The number of carbonyl (C=O) groups excluding carboxylic acids is 1. The number of ether oxygens (including phenoxy) is 1. The molecule has 1 amide bonds. The molecule has 4 heteroatoms. The summed E-state index contributed by atoms with van der Waals surface area (Å²) in [5.74, 6) is 0.654. The number of carbonyl (C=O) groups is 1. The number of benzene rings is 1. The van der Waals surface area contributed by atoms with E-state index in [-0.39, 0.29) is 11.9 Å². The molecular weight excluding hydrogens is 252 g/mol. The molecule has 0 aliphatic rings. The first-order valence-corrected chi connectivity index (χ1v) is 7.42. The Labute approximate surface area is 121 Å². The third-order valence-corrected chi connectivity index (χ3v) is 3.43. The van der Waals surface area contributed by atoms with E-state index >= 15 is 0 Å². The fourth-order valence-corrected chi connectivity index (χ4v) is 2.40. The predicted octanol–water partition coefficient (Wildman–Crippen LogP) is 2.67. The molecule has 0 saturated heterocycles. The molecule has 20 heavy (non-hydrogen) atoms. The Morgan fingerprint density at radius 2 is 1.90 bits per heavy atom. The van der Waals surface area contributed by atoms with Crippen molar-refractivity contribution in [3.05, 3.63) is 29.8 Å². The van der Waals surface area contributed by atoms with Crippen molar-refractivity contribution >= 4 is 5.91 Å². The topological polar surface area (TPSA) is 55.6 Å². The molecule has 0 atom stereocenters. The molecule has 4 nitrogen and oxygen atoms in total. The molecule has 0 fully saturated rings. The summed E-state index contributed by atoms with van der Waals surface area (Å²) in [5.41, 5.74) is 6.28. The van der Waals surface area contributed by atoms with Crippen LogP contribution in [0.15, 0.2) is 24.3 Å². The first-order chi connectivity index (χ1) is 9.69. The number of para-hydroxylation sites is 1. The normalized spacial score (nSPS) is 10.7. The van der Waals surface area contributed by atoms with Crippen LogP contribution < -0.4 is 10.5 Å². The fourth-order valence-electron chi connectivity index (χ4n) is 2.40. The van der Waals surface area contributed by atoms with Crippen LogP contribution in [0.3, 0.4) is 0 Å². The Morgan fingerprint density at radius 3 is 2.45 bits per heavy atom. The Bertz CT molecular complexity index is 417. The summed E-state index contributed by atoms with van der Waals surface area (Å²) < 4.78 is 5.55. The standard InChI is InChI=1S/C16H26N2O2/c1-4-13(5-2)18(12-11-17)16(19)14-9-7-8-10-15(14)20-6-3/h7-10,13H,4-6,11-12,17H2,1-3H3. The van der Waals surface area contributed by atoms with Crippen LogP contribution in [0.2, 0.25) is 0 Å². The van der Waals surface area contributed by atoms with Gasteiger partial charge in [-0.1, -0.05) is 26.0 Å². The highest BCUT2D eigenvalue weighted by molar-refractivity contribution is 5.97. The molecule has 0 bridgehead atoms. The van der Waals surface area contributed by atoms with Crippen molar-refractivity contribution in [2.45, 2.75) is 39.7 Å². The summed E-state index contributed by atoms with van der Waals surface area (Å²) in [6, 6.07) is 7.62. The zero-order chi connectivity index (χ0) is 15.0. The van der Waals surface area contributed by atoms with Crippen molar-refractivity contribution in [3.63, 3.8) is 0 Å². The average Bonchev–Trinajstić information content (AvgIpc) is 2.48. The van der Waals surface area contributed by atoms with E-state index in [2.05, 4.69) is 13.8 Å². The van der Waals surface area contributed by atoms with Gasteiger partial charge in [0, 0.05) is 19.1 Å². The molecule has 1 aromatic rings. The van der Waals surface area contributed by atoms with E-state index in [9.17, 15) is 4.79 Å². The maximum absolute atomic E-state index is 12.8. The van der Waals surface area contributed by atoms with Crippen LogP contribution >= 0.6 is 0 Å². The van der Waals surface area contributed by atoms with Crippen molar-refractivity contribution in [1.29, 1.82) is 0 Å². The van der Waals surface area contributed by atoms with Gasteiger partial charge in [0.25, 0.3) is 5.91 Å². The third kappa shape index (κ3) is 3.97. The molecule has 112 valence electrons. The molecule has 0 aliphatic carbocycles. The second-order valence-corrected chi connectivity index (χ2v) is 4.69. The van der Waals surface area contributed by atoms with Crippen LogP contribution in [0.5, 0.6) is 5.75 Å². The minimum absolute atomic E-state index is 0.00759. The quantitative estimate of drug-likeness (QED) is 0.795. The summed E-state index contributed by atoms with van der Waals surface area (Å²) in [6.45, 7) is 7.70. The zero-order valence-corrected chi connectivity index (χ0v) is 12.8. The van der Waals surface area contributed by atoms with Gasteiger partial charge in [-0.15, -0.1) is 0 Å². The minimum atomic E-state index is 0.00759. The maximum Gasteiger partial charge on any atom is 0.257 e. The minimum Gasteiger partial charge on any atom is -0.493 e. The van der Waals surface area contributed by atoms with Gasteiger partial charge in [0.1, 0.15) is 5.75 Å². The van der Waals surface area contributed by atoms with Gasteiger partial charge < -0.3 is 15.4 Å². The SMILES string of the molecule is CCOc1ccccc1C(=O)N(CCN)C(CC)CC. The van der Waals surface area contributed by atoms with Crippen LogP contribution in [0.1, 0.15) is 44.0 Å². The van der Waals surface area contributed by atoms with Crippen molar-refractivity contribution < 1.29 is 9.53 Å². The third-order valence-electron chi connectivity index (χ3n) is 3.43. The van der Waals surface area contributed by atoms with E-state index in [1.807, 2.05) is 36.1 Å². The van der Waals surface area contributed by atoms with Crippen molar-refractivity contribution in [2.75, 3.05) is 19.7 Å². The highest BCUT2D eigenvalue weighted by Gasteiger charge is 2.23. The van der Waals surface area contributed by atoms with Crippen LogP contribution in [0.4, 0.5) is 0 Å². The van der Waals surface area contributed by atoms with E-state index in [4.69, 9.17) is 10.5 Å². The summed E-state index contributed by atoms with van der Waals surface area (Å²) in [4.78, 5) is 14.7. The molecule has 0 saturated carbocycles. The lowest BCUT2D eigenvalue weighted by Gasteiger charge is -2.30. The Kier molecular flexibility index (Phi) is 7.09. The average molecular weight is 278 g/mol. The van der Waals surface area contributed by atoms with Gasteiger partial charge in [-0.05, 0) is 31.9 Å². The number of nitrogens with zero attached hydrogens (tertiary/aromatic N) is 1. The summed E-state index contributed by atoms with van der Waals surface area (Å²) >= 11 is 0. The van der Waals surface area contributed by atoms with Crippen LogP contribution in [0, 0.1) is 0 Å². The lowest BCUT2D eigenvalue weighted by molar-refractivity contribution is 0.0670. The molecule has 0 aliphatic heterocycles. The summed E-state index contributed by atoms with van der Waals surface area (Å²) in [5, 5.41) is 0. The van der Waals surface area contributed by atoms with Gasteiger partial charge in [-0.25, -0.2) is 0 Å². The van der Waals surface area contributed by atoms with Crippen LogP contribution in [-0.2, 0) is 0 Å². The van der Waals surface area contributed by atoms with Gasteiger partial charge >= 0.3 is 0 Å². The largest absolute Gasteiger partial charge is 0.493 e. The zero-order valence-electron chi connectivity index (χ0n) is 12.8. The van der Waals surface area contributed by atoms with Gasteiger partial charge in [-0.3, -0.25) is 4.79 Å². The molecule has 0 unspecified atom stereocenters. The highest BCUT2D eigenvalue weighted by Crippen LogP contribution is 2.22. The number of nitrogens with two attached hydrogens (primary N) is 1. The van der Waals surface area contributed by atoms with Crippen LogP contribution in [-0.4, -0.2) is 36.5 Å². The lowest BCUT2D eigenvalue weighted by atomic mass is 10.1. The van der Waals surface area contributed by atoms with Crippen molar-refractivity contribution in [1.82, 2.24) is 4.90 Å². The molecule has 0 aromatic heterocycles. The van der Waals surface area contributed by atoms with Gasteiger partial charge in [-0.2, -0.15) is 0 Å². The second-order valence-electron chi connectivity index (χ2n) is 4.69. The number of hydrogen-bond acceptors (Lipinski definition) is 3. The molecule has 1 aromatic carbocycles. The van der Waals surface area contributed by atoms with Crippen LogP contribution in [0.25, 0.3) is 0 Å². The van der Waals surface area contributed by atoms with Gasteiger partial charge in [0.15, 0.2) is 0 Å². The van der Waals surface area contributed by atoms with E-state index in [0.717, 1.165) is 12.8 Å². The van der Waals surface area contributed by atoms with E-state index in [1.54, 1.807) is 0 Å². The predicted molar refractivity (Wildman–Crippen MR) is 82.1 cm³/mol.